The average Bonchev–Trinajstić information content (AvgIpc) is 3.06. The molecule has 2 unspecified atom stereocenters. The van der Waals surface area contributed by atoms with Gasteiger partial charge in [-0.05, 0) is 26.8 Å². The lowest BCUT2D eigenvalue weighted by atomic mass is 10.2. The van der Waals surface area contributed by atoms with Crippen LogP contribution in [0.1, 0.15) is 31.5 Å². The molecule has 0 bridgehead atoms. The zero-order valence-electron chi connectivity index (χ0n) is 12.1. The largest absolute Gasteiger partial charge is 0.378 e. The van der Waals surface area contributed by atoms with Crippen LogP contribution >= 0.6 is 12.4 Å². The standard InChI is InChI=1S/C13H23N3O3.ClH/c1-10(14-2)8-12-15-13(19-16-12)5-7-17-9-11-4-3-6-18-11;/h10-11,14H,3-9H2,1-2H3;1H. The summed E-state index contributed by atoms with van der Waals surface area (Å²) in [7, 11) is 1.92. The summed E-state index contributed by atoms with van der Waals surface area (Å²) in [5, 5.41) is 7.10. The third-order valence-corrected chi connectivity index (χ3v) is 3.28. The van der Waals surface area contributed by atoms with Crippen LogP contribution in [0.4, 0.5) is 0 Å². The minimum absolute atomic E-state index is 0. The van der Waals surface area contributed by atoms with E-state index < -0.39 is 0 Å². The minimum Gasteiger partial charge on any atom is -0.378 e. The Morgan fingerprint density at radius 3 is 3.05 bits per heavy atom. The van der Waals surface area contributed by atoms with Crippen LogP contribution in [0.15, 0.2) is 4.52 Å². The zero-order valence-corrected chi connectivity index (χ0v) is 12.9. The van der Waals surface area contributed by atoms with Crippen molar-refractivity contribution in [3.8, 4) is 0 Å². The number of hydrogen-bond acceptors (Lipinski definition) is 6. The van der Waals surface area contributed by atoms with E-state index in [4.69, 9.17) is 14.0 Å². The molecule has 2 heterocycles. The van der Waals surface area contributed by atoms with Gasteiger partial charge in [-0.3, -0.25) is 0 Å². The van der Waals surface area contributed by atoms with E-state index in [0.717, 1.165) is 31.7 Å². The van der Waals surface area contributed by atoms with Gasteiger partial charge in [0.2, 0.25) is 5.89 Å². The fourth-order valence-corrected chi connectivity index (χ4v) is 2.00. The molecule has 20 heavy (non-hydrogen) atoms. The first-order chi connectivity index (χ1) is 9.28. The Morgan fingerprint density at radius 2 is 2.35 bits per heavy atom. The molecule has 2 atom stereocenters. The summed E-state index contributed by atoms with van der Waals surface area (Å²) < 4.78 is 16.2. The molecule has 6 nitrogen and oxygen atoms in total. The van der Waals surface area contributed by atoms with Crippen molar-refractivity contribution in [2.24, 2.45) is 0 Å². The smallest absolute Gasteiger partial charge is 0.228 e. The molecule has 7 heteroatoms. The van der Waals surface area contributed by atoms with Crippen LogP contribution < -0.4 is 5.32 Å². The highest BCUT2D eigenvalue weighted by molar-refractivity contribution is 5.85. The summed E-state index contributed by atoms with van der Waals surface area (Å²) in [5.74, 6) is 1.39. The van der Waals surface area contributed by atoms with Gasteiger partial charge in [0.15, 0.2) is 5.82 Å². The number of halogens is 1. The maximum Gasteiger partial charge on any atom is 0.228 e. The highest BCUT2D eigenvalue weighted by Gasteiger charge is 2.15. The predicted molar refractivity (Wildman–Crippen MR) is 77.3 cm³/mol. The molecular formula is C13H24ClN3O3. The van der Waals surface area contributed by atoms with Crippen molar-refractivity contribution in [3.63, 3.8) is 0 Å². The van der Waals surface area contributed by atoms with Crippen LogP contribution in [-0.2, 0) is 22.3 Å². The molecule has 1 aliphatic heterocycles. The van der Waals surface area contributed by atoms with Crippen molar-refractivity contribution in [1.29, 1.82) is 0 Å². The van der Waals surface area contributed by atoms with Gasteiger partial charge in [-0.15, -0.1) is 12.4 Å². The number of aromatic nitrogens is 2. The fourth-order valence-electron chi connectivity index (χ4n) is 2.00. The number of ether oxygens (including phenoxy) is 2. The Hall–Kier alpha value is -0.690. The Bertz CT molecular complexity index is 369. The molecule has 0 amide bonds. The van der Waals surface area contributed by atoms with E-state index in [0.29, 0.717) is 31.6 Å². The van der Waals surface area contributed by atoms with Crippen molar-refractivity contribution >= 4 is 12.4 Å². The van der Waals surface area contributed by atoms with Crippen LogP contribution in [0.5, 0.6) is 0 Å². The van der Waals surface area contributed by atoms with Gasteiger partial charge in [-0.2, -0.15) is 4.98 Å². The summed E-state index contributed by atoms with van der Waals surface area (Å²) in [6.07, 6.45) is 3.96. The average molecular weight is 306 g/mol. The lowest BCUT2D eigenvalue weighted by Crippen LogP contribution is -2.24. The zero-order chi connectivity index (χ0) is 13.5. The van der Waals surface area contributed by atoms with E-state index in [-0.39, 0.29) is 18.5 Å². The molecule has 1 aliphatic rings. The molecule has 0 radical (unpaired) electrons. The normalized spacial score (nSPS) is 19.8. The molecule has 0 saturated carbocycles. The summed E-state index contributed by atoms with van der Waals surface area (Å²) in [5.41, 5.74) is 0. The summed E-state index contributed by atoms with van der Waals surface area (Å²) >= 11 is 0. The molecule has 1 fully saturated rings. The highest BCUT2D eigenvalue weighted by atomic mass is 35.5. The molecule has 116 valence electrons. The van der Waals surface area contributed by atoms with Crippen LogP contribution in [0, 0.1) is 0 Å². The maximum absolute atomic E-state index is 5.57. The molecule has 0 aromatic carbocycles. The fraction of sp³-hybridized carbons (Fsp3) is 0.846. The Kier molecular flexibility index (Phi) is 8.06. The van der Waals surface area contributed by atoms with Crippen LogP contribution in [0.3, 0.4) is 0 Å². The first-order valence-electron chi connectivity index (χ1n) is 6.96. The molecule has 1 aromatic heterocycles. The van der Waals surface area contributed by atoms with Crippen LogP contribution in [-0.4, -0.2) is 49.2 Å². The molecular weight excluding hydrogens is 282 g/mol. The van der Waals surface area contributed by atoms with Gasteiger partial charge >= 0.3 is 0 Å². The second-order valence-corrected chi connectivity index (χ2v) is 4.96. The van der Waals surface area contributed by atoms with E-state index >= 15 is 0 Å². The summed E-state index contributed by atoms with van der Waals surface area (Å²) in [4.78, 5) is 4.34. The van der Waals surface area contributed by atoms with Gasteiger partial charge < -0.3 is 19.3 Å². The second-order valence-electron chi connectivity index (χ2n) is 4.96. The summed E-state index contributed by atoms with van der Waals surface area (Å²) in [6.45, 7) is 4.21. The molecule has 1 saturated heterocycles. The van der Waals surface area contributed by atoms with Crippen LogP contribution in [0.25, 0.3) is 0 Å². The Labute approximate surface area is 126 Å². The lowest BCUT2D eigenvalue weighted by molar-refractivity contribution is 0.0169. The van der Waals surface area contributed by atoms with Crippen molar-refractivity contribution in [1.82, 2.24) is 15.5 Å². The van der Waals surface area contributed by atoms with Crippen molar-refractivity contribution in [3.05, 3.63) is 11.7 Å². The van der Waals surface area contributed by atoms with E-state index in [1.165, 1.54) is 0 Å². The predicted octanol–water partition coefficient (Wildman–Crippen LogP) is 1.38. The Balaban J connectivity index is 0.00000200. The van der Waals surface area contributed by atoms with Gasteiger partial charge in [0.1, 0.15) is 0 Å². The number of nitrogens with one attached hydrogen (secondary N) is 1. The lowest BCUT2D eigenvalue weighted by Gasteiger charge is -2.08. The van der Waals surface area contributed by atoms with E-state index in [2.05, 4.69) is 22.4 Å². The van der Waals surface area contributed by atoms with E-state index in [1.54, 1.807) is 0 Å². The maximum atomic E-state index is 5.57. The minimum atomic E-state index is 0. The third kappa shape index (κ3) is 5.75. The number of nitrogens with zero attached hydrogens (tertiary/aromatic N) is 2. The van der Waals surface area contributed by atoms with Gasteiger partial charge in [0.05, 0.1) is 25.7 Å². The first-order valence-corrected chi connectivity index (χ1v) is 6.96. The van der Waals surface area contributed by atoms with Crippen LogP contribution in [0.2, 0.25) is 0 Å². The summed E-state index contributed by atoms with van der Waals surface area (Å²) in [6, 6.07) is 0.348. The number of rotatable bonds is 8. The van der Waals surface area contributed by atoms with Crippen molar-refractivity contribution in [2.75, 3.05) is 26.9 Å². The van der Waals surface area contributed by atoms with Gasteiger partial charge in [-0.1, -0.05) is 5.16 Å². The van der Waals surface area contributed by atoms with E-state index in [9.17, 15) is 0 Å². The molecule has 1 N–H and O–H groups in total. The van der Waals surface area contributed by atoms with Gasteiger partial charge in [0, 0.05) is 19.1 Å². The van der Waals surface area contributed by atoms with Crippen molar-refractivity contribution < 1.29 is 14.0 Å². The molecule has 0 spiro atoms. The first kappa shape index (κ1) is 17.4. The molecule has 1 aromatic rings. The molecule has 0 aliphatic carbocycles. The quantitative estimate of drug-likeness (QED) is 0.732. The van der Waals surface area contributed by atoms with Gasteiger partial charge in [0.25, 0.3) is 0 Å². The molecule has 2 rings (SSSR count). The highest BCUT2D eigenvalue weighted by Crippen LogP contribution is 2.12. The van der Waals surface area contributed by atoms with E-state index in [1.807, 2.05) is 7.05 Å². The Morgan fingerprint density at radius 1 is 1.50 bits per heavy atom. The second kappa shape index (κ2) is 9.28. The SMILES string of the molecule is CNC(C)Cc1noc(CCOCC2CCCO2)n1.Cl. The van der Waals surface area contributed by atoms with Crippen molar-refractivity contribution in [2.45, 2.75) is 44.8 Å². The number of hydrogen-bond donors (Lipinski definition) is 1. The third-order valence-electron chi connectivity index (χ3n) is 3.28. The topological polar surface area (TPSA) is 69.4 Å². The monoisotopic (exact) mass is 305 g/mol. The van der Waals surface area contributed by atoms with Gasteiger partial charge in [-0.25, -0.2) is 0 Å². The number of likely N-dealkylation sites (N-methyl/N-ethyl adjacent to an activating group) is 1.